The molecule has 2 nitrogen and oxygen atoms in total. The van der Waals surface area contributed by atoms with Gasteiger partial charge in [-0.05, 0) is 38.0 Å². The highest BCUT2D eigenvalue weighted by atomic mass is 32.4. The molecule has 0 aromatic rings. The summed E-state index contributed by atoms with van der Waals surface area (Å²) in [5.41, 5.74) is 6.09. The van der Waals surface area contributed by atoms with Gasteiger partial charge in [0.2, 0.25) is 0 Å². The van der Waals surface area contributed by atoms with E-state index in [9.17, 15) is 0 Å². The second-order valence-electron chi connectivity index (χ2n) is 3.21. The molecule has 1 heterocycles. The first kappa shape index (κ1) is 10.6. The quantitative estimate of drug-likeness (QED) is 0.529. The van der Waals surface area contributed by atoms with Gasteiger partial charge < -0.3 is 10.5 Å². The fourth-order valence-corrected chi connectivity index (χ4v) is 5.55. The highest BCUT2D eigenvalue weighted by Gasteiger charge is 2.13. The maximum absolute atomic E-state index is 5.67. The molecule has 0 bridgehead atoms. The minimum atomic E-state index is -0.0159. The van der Waals surface area contributed by atoms with Gasteiger partial charge in [-0.1, -0.05) is 0 Å². The van der Waals surface area contributed by atoms with Crippen LogP contribution >= 0.6 is 11.2 Å². The summed E-state index contributed by atoms with van der Waals surface area (Å²) in [6.07, 6.45) is 5.15. The molecule has 4 heteroatoms. The summed E-state index contributed by atoms with van der Waals surface area (Å²) in [6, 6.07) is 0. The minimum absolute atomic E-state index is 0.0159. The molecule has 0 aromatic heterocycles. The van der Waals surface area contributed by atoms with Gasteiger partial charge in [0.1, 0.15) is 8.67 Å². The Hall–Kier alpha value is 0.487. The van der Waals surface area contributed by atoms with E-state index < -0.39 is 0 Å². The summed E-state index contributed by atoms with van der Waals surface area (Å²) < 4.78 is 5.67. The third-order valence-electron chi connectivity index (χ3n) is 2.07. The Labute approximate surface area is 81.1 Å². The van der Waals surface area contributed by atoms with E-state index in [1.165, 1.54) is 31.4 Å². The fraction of sp³-hybridized carbons (Fsp3) is 1.00. The van der Waals surface area contributed by atoms with E-state index in [1.807, 2.05) is 0 Å². The minimum Gasteiger partial charge on any atom is -0.381 e. The van der Waals surface area contributed by atoms with Crippen LogP contribution in [0.3, 0.4) is 0 Å². The van der Waals surface area contributed by atoms with Crippen LogP contribution < -0.4 is 5.73 Å². The van der Waals surface area contributed by atoms with Crippen LogP contribution in [0.2, 0.25) is 0 Å². The molecule has 0 aromatic carbocycles. The lowest BCUT2D eigenvalue weighted by atomic mass is 10.2. The SMILES string of the molecule is NCCCS[SiH2]C1CCCCO1. The smallest absolute Gasteiger partial charge is 0.118 e. The predicted molar refractivity (Wildman–Crippen MR) is 58.3 cm³/mol. The molecule has 1 atom stereocenters. The average molecular weight is 205 g/mol. The van der Waals surface area contributed by atoms with Crippen molar-refractivity contribution in [1.29, 1.82) is 0 Å². The molecule has 0 radical (unpaired) electrons. The van der Waals surface area contributed by atoms with Gasteiger partial charge in [-0.15, -0.1) is 0 Å². The van der Waals surface area contributed by atoms with E-state index in [0.29, 0.717) is 5.73 Å². The molecule has 1 unspecified atom stereocenters. The van der Waals surface area contributed by atoms with Crippen LogP contribution in [-0.4, -0.2) is 33.3 Å². The van der Waals surface area contributed by atoms with Crippen molar-refractivity contribution >= 4 is 19.9 Å². The van der Waals surface area contributed by atoms with Gasteiger partial charge in [0, 0.05) is 6.61 Å². The molecular formula is C8H19NOSSi. The monoisotopic (exact) mass is 205 g/mol. The first-order valence-corrected chi connectivity index (χ1v) is 8.53. The normalized spacial score (nSPS) is 25.2. The summed E-state index contributed by atoms with van der Waals surface area (Å²) in [7, 11) is -0.0159. The van der Waals surface area contributed by atoms with Gasteiger partial charge in [0.25, 0.3) is 0 Å². The Kier molecular flexibility index (Phi) is 6.12. The number of rotatable bonds is 5. The Morgan fingerprint density at radius 2 is 2.42 bits per heavy atom. The topological polar surface area (TPSA) is 35.2 Å². The molecular weight excluding hydrogens is 186 g/mol. The summed E-state index contributed by atoms with van der Waals surface area (Å²) in [4.78, 5) is 0. The lowest BCUT2D eigenvalue weighted by Crippen LogP contribution is -2.24. The first-order chi connectivity index (χ1) is 5.93. The molecule has 1 rings (SSSR count). The maximum Gasteiger partial charge on any atom is 0.118 e. The molecule has 1 aliphatic heterocycles. The van der Waals surface area contributed by atoms with Crippen molar-refractivity contribution in [2.45, 2.75) is 31.4 Å². The fourth-order valence-electron chi connectivity index (χ4n) is 1.34. The van der Waals surface area contributed by atoms with E-state index in [2.05, 4.69) is 11.2 Å². The zero-order valence-corrected chi connectivity index (χ0v) is 9.86. The lowest BCUT2D eigenvalue weighted by Gasteiger charge is -2.21. The largest absolute Gasteiger partial charge is 0.381 e. The van der Waals surface area contributed by atoms with Crippen LogP contribution in [0.25, 0.3) is 0 Å². The summed E-state index contributed by atoms with van der Waals surface area (Å²) in [5.74, 6) is 1.25. The zero-order chi connectivity index (χ0) is 8.65. The zero-order valence-electron chi connectivity index (χ0n) is 7.63. The van der Waals surface area contributed by atoms with Crippen LogP contribution in [0.15, 0.2) is 0 Å². The number of ether oxygens (including phenoxy) is 1. The van der Waals surface area contributed by atoms with Gasteiger partial charge in [-0.25, -0.2) is 0 Å². The predicted octanol–water partition coefficient (Wildman–Crippen LogP) is 0.679. The van der Waals surface area contributed by atoms with E-state index in [0.717, 1.165) is 13.2 Å². The molecule has 1 fully saturated rings. The van der Waals surface area contributed by atoms with Crippen molar-refractivity contribution in [3.05, 3.63) is 0 Å². The number of nitrogens with two attached hydrogens (primary N) is 1. The highest BCUT2D eigenvalue weighted by Crippen LogP contribution is 2.15. The molecule has 0 spiro atoms. The molecule has 12 heavy (non-hydrogen) atoms. The van der Waals surface area contributed by atoms with Crippen molar-refractivity contribution in [2.24, 2.45) is 5.73 Å². The van der Waals surface area contributed by atoms with Crippen LogP contribution in [0.5, 0.6) is 0 Å². The molecule has 1 aliphatic rings. The van der Waals surface area contributed by atoms with Gasteiger partial charge in [-0.2, -0.15) is 11.2 Å². The Morgan fingerprint density at radius 3 is 3.08 bits per heavy atom. The van der Waals surface area contributed by atoms with E-state index in [4.69, 9.17) is 10.5 Å². The molecule has 2 N–H and O–H groups in total. The van der Waals surface area contributed by atoms with Crippen molar-refractivity contribution in [3.8, 4) is 0 Å². The molecule has 0 amide bonds. The van der Waals surface area contributed by atoms with Crippen molar-refractivity contribution in [1.82, 2.24) is 0 Å². The third-order valence-corrected chi connectivity index (χ3v) is 6.59. The Bertz CT molecular complexity index is 109. The van der Waals surface area contributed by atoms with E-state index in [1.54, 1.807) is 0 Å². The van der Waals surface area contributed by atoms with E-state index >= 15 is 0 Å². The van der Waals surface area contributed by atoms with Crippen LogP contribution in [-0.2, 0) is 4.74 Å². The van der Waals surface area contributed by atoms with Crippen LogP contribution in [0.4, 0.5) is 0 Å². The average Bonchev–Trinajstić information content (AvgIpc) is 2.14. The summed E-state index contributed by atoms with van der Waals surface area (Å²) in [5, 5.41) is 0. The van der Waals surface area contributed by atoms with Gasteiger partial charge in [-0.3, -0.25) is 0 Å². The van der Waals surface area contributed by atoms with Crippen LogP contribution in [0.1, 0.15) is 25.7 Å². The lowest BCUT2D eigenvalue weighted by molar-refractivity contribution is 0.0668. The van der Waals surface area contributed by atoms with Gasteiger partial charge in [0.05, 0.1) is 5.73 Å². The van der Waals surface area contributed by atoms with Crippen molar-refractivity contribution in [2.75, 3.05) is 18.9 Å². The van der Waals surface area contributed by atoms with Crippen molar-refractivity contribution in [3.63, 3.8) is 0 Å². The first-order valence-electron chi connectivity index (χ1n) is 4.83. The Morgan fingerprint density at radius 1 is 1.50 bits per heavy atom. The summed E-state index contributed by atoms with van der Waals surface area (Å²) >= 11 is 2.12. The van der Waals surface area contributed by atoms with Gasteiger partial charge >= 0.3 is 0 Å². The maximum atomic E-state index is 5.67. The summed E-state index contributed by atoms with van der Waals surface area (Å²) in [6.45, 7) is 1.85. The Balaban J connectivity index is 1.91. The second kappa shape index (κ2) is 6.94. The molecule has 0 aliphatic carbocycles. The standard InChI is InChI=1S/C8H19NOSSi/c9-5-3-7-11-12-8-4-1-2-6-10-8/h8H,1-7,9,12H2. The third kappa shape index (κ3) is 4.50. The van der Waals surface area contributed by atoms with E-state index in [-0.39, 0.29) is 8.67 Å². The molecule has 1 saturated heterocycles. The number of hydrogen-bond acceptors (Lipinski definition) is 3. The number of hydrogen-bond donors (Lipinski definition) is 1. The van der Waals surface area contributed by atoms with Crippen LogP contribution in [0, 0.1) is 0 Å². The molecule has 0 saturated carbocycles. The van der Waals surface area contributed by atoms with Crippen molar-refractivity contribution < 1.29 is 4.74 Å². The second-order valence-corrected chi connectivity index (χ2v) is 7.49. The highest BCUT2D eigenvalue weighted by molar-refractivity contribution is 8.22. The molecule has 72 valence electrons. The van der Waals surface area contributed by atoms with Gasteiger partial charge in [0.15, 0.2) is 0 Å².